The van der Waals surface area contributed by atoms with Gasteiger partial charge in [-0.05, 0) is 17.7 Å². The maximum atomic E-state index is 11.7. The van der Waals surface area contributed by atoms with Crippen molar-refractivity contribution >= 4 is 20.0 Å². The van der Waals surface area contributed by atoms with Crippen LogP contribution in [-0.2, 0) is 26.6 Å². The highest BCUT2D eigenvalue weighted by Crippen LogP contribution is 2.09. The Morgan fingerprint density at radius 1 is 1.06 bits per heavy atom. The Hall–Kier alpha value is -1.00. The van der Waals surface area contributed by atoms with E-state index in [-0.39, 0.29) is 11.4 Å². The highest BCUT2D eigenvalue weighted by molar-refractivity contribution is 7.90. The first-order valence-electron chi connectivity index (χ1n) is 5.04. The van der Waals surface area contributed by atoms with Gasteiger partial charge in [-0.25, -0.2) is 26.7 Å². The van der Waals surface area contributed by atoms with Crippen molar-refractivity contribution in [1.82, 2.24) is 4.72 Å². The van der Waals surface area contributed by atoms with Crippen LogP contribution in [0.3, 0.4) is 0 Å². The van der Waals surface area contributed by atoms with Crippen LogP contribution in [0.2, 0.25) is 0 Å². The van der Waals surface area contributed by atoms with E-state index >= 15 is 0 Å². The van der Waals surface area contributed by atoms with Crippen LogP contribution in [0.15, 0.2) is 29.2 Å². The average molecular weight is 293 g/mol. The van der Waals surface area contributed by atoms with E-state index in [1.165, 1.54) is 12.1 Å². The quantitative estimate of drug-likeness (QED) is 0.600. The Kier molecular flexibility index (Phi) is 4.82. The summed E-state index contributed by atoms with van der Waals surface area (Å²) in [6.45, 7) is 0.0545. The van der Waals surface area contributed by atoms with Crippen LogP contribution in [0.5, 0.6) is 0 Å². The molecule has 0 bridgehead atoms. The third-order valence-corrected chi connectivity index (χ3v) is 4.40. The molecule has 7 nitrogen and oxygen atoms in total. The Bertz CT molecular complexity index is 593. The summed E-state index contributed by atoms with van der Waals surface area (Å²) in [7, 11) is -7.40. The molecule has 1 aromatic carbocycles. The highest BCUT2D eigenvalue weighted by atomic mass is 32.2. The molecule has 0 radical (unpaired) electrons. The molecule has 0 saturated carbocycles. The van der Waals surface area contributed by atoms with Gasteiger partial charge >= 0.3 is 0 Å². The Morgan fingerprint density at radius 2 is 1.61 bits per heavy atom. The zero-order chi connectivity index (χ0) is 13.8. The SMILES string of the molecule is NCc1ccc(S(=O)(=O)NCCS(N)(=O)=O)cc1. The maximum absolute atomic E-state index is 11.7. The van der Waals surface area contributed by atoms with Crippen LogP contribution in [0.25, 0.3) is 0 Å². The summed E-state index contributed by atoms with van der Waals surface area (Å²) in [5.74, 6) is -0.451. The van der Waals surface area contributed by atoms with Crippen molar-refractivity contribution in [1.29, 1.82) is 0 Å². The molecule has 1 aromatic rings. The van der Waals surface area contributed by atoms with Crippen LogP contribution >= 0.6 is 0 Å². The van der Waals surface area contributed by atoms with Gasteiger partial charge in [0.15, 0.2) is 0 Å². The lowest BCUT2D eigenvalue weighted by Gasteiger charge is -2.06. The molecule has 0 fully saturated rings. The summed E-state index contributed by atoms with van der Waals surface area (Å²) in [4.78, 5) is 0.0501. The lowest BCUT2D eigenvalue weighted by molar-refractivity contribution is 0.581. The molecule has 5 N–H and O–H groups in total. The van der Waals surface area contributed by atoms with Crippen molar-refractivity contribution in [2.45, 2.75) is 11.4 Å². The van der Waals surface area contributed by atoms with Crippen LogP contribution < -0.4 is 15.6 Å². The topological polar surface area (TPSA) is 132 Å². The molecule has 0 heterocycles. The molecule has 9 heteroatoms. The van der Waals surface area contributed by atoms with Gasteiger partial charge in [-0.15, -0.1) is 0 Å². The first kappa shape index (κ1) is 15.1. The van der Waals surface area contributed by atoms with E-state index in [0.29, 0.717) is 6.54 Å². The first-order chi connectivity index (χ1) is 8.24. The maximum Gasteiger partial charge on any atom is 0.240 e. The molecule has 0 amide bonds. The van der Waals surface area contributed by atoms with Crippen LogP contribution in [0.4, 0.5) is 0 Å². The zero-order valence-corrected chi connectivity index (χ0v) is 11.2. The van der Waals surface area contributed by atoms with Crippen molar-refractivity contribution in [2.24, 2.45) is 10.9 Å². The van der Waals surface area contributed by atoms with E-state index in [9.17, 15) is 16.8 Å². The number of nitrogens with one attached hydrogen (secondary N) is 1. The molecular weight excluding hydrogens is 278 g/mol. The van der Waals surface area contributed by atoms with Gasteiger partial charge in [-0.2, -0.15) is 0 Å². The summed E-state index contributed by atoms with van der Waals surface area (Å²) in [5.41, 5.74) is 6.20. The minimum atomic E-state index is -3.72. The standard InChI is InChI=1S/C9H15N3O4S2/c10-7-8-1-3-9(4-2-8)18(15,16)12-5-6-17(11,13)14/h1-4,12H,5-7,10H2,(H2,11,13,14). The van der Waals surface area contributed by atoms with E-state index in [1.54, 1.807) is 12.1 Å². The minimum absolute atomic E-state index is 0.0501. The average Bonchev–Trinajstić information content (AvgIpc) is 2.27. The van der Waals surface area contributed by atoms with Gasteiger partial charge in [0, 0.05) is 13.1 Å². The summed E-state index contributed by atoms with van der Waals surface area (Å²) in [5, 5.41) is 4.76. The van der Waals surface area contributed by atoms with Crippen molar-refractivity contribution < 1.29 is 16.8 Å². The molecule has 1 rings (SSSR count). The second kappa shape index (κ2) is 5.76. The molecule has 0 aliphatic carbocycles. The summed E-state index contributed by atoms with van der Waals surface area (Å²) in [6.07, 6.45) is 0. The Labute approximate surface area is 106 Å². The highest BCUT2D eigenvalue weighted by Gasteiger charge is 2.14. The summed E-state index contributed by atoms with van der Waals surface area (Å²) < 4.78 is 47.0. The Morgan fingerprint density at radius 3 is 2.06 bits per heavy atom. The number of nitrogens with two attached hydrogens (primary N) is 2. The van der Waals surface area contributed by atoms with Crippen molar-refractivity contribution in [3.8, 4) is 0 Å². The third-order valence-electron chi connectivity index (χ3n) is 2.15. The van der Waals surface area contributed by atoms with E-state index < -0.39 is 25.8 Å². The van der Waals surface area contributed by atoms with Crippen molar-refractivity contribution in [3.63, 3.8) is 0 Å². The number of hydrogen-bond acceptors (Lipinski definition) is 5. The number of sulfonamides is 2. The van der Waals surface area contributed by atoms with Gasteiger partial charge in [-0.1, -0.05) is 12.1 Å². The third kappa shape index (κ3) is 4.70. The molecule has 18 heavy (non-hydrogen) atoms. The van der Waals surface area contributed by atoms with E-state index in [2.05, 4.69) is 4.72 Å². The number of primary sulfonamides is 1. The fourth-order valence-electron chi connectivity index (χ4n) is 1.21. The van der Waals surface area contributed by atoms with Gasteiger partial charge in [0.25, 0.3) is 0 Å². The number of benzene rings is 1. The fraction of sp³-hybridized carbons (Fsp3) is 0.333. The van der Waals surface area contributed by atoms with Crippen LogP contribution in [-0.4, -0.2) is 29.1 Å². The zero-order valence-electron chi connectivity index (χ0n) is 9.53. The second-order valence-corrected chi connectivity index (χ2v) is 7.11. The molecule has 0 spiro atoms. The van der Waals surface area contributed by atoms with Crippen LogP contribution in [0, 0.1) is 0 Å². The fourth-order valence-corrected chi connectivity index (χ4v) is 2.75. The van der Waals surface area contributed by atoms with Gasteiger partial charge in [0.1, 0.15) is 0 Å². The summed E-state index contributed by atoms with van der Waals surface area (Å²) in [6, 6.07) is 5.99. The van der Waals surface area contributed by atoms with Gasteiger partial charge in [0.05, 0.1) is 10.6 Å². The van der Waals surface area contributed by atoms with Gasteiger partial charge in [0.2, 0.25) is 20.0 Å². The monoisotopic (exact) mass is 293 g/mol. The molecule has 0 aliphatic heterocycles. The predicted molar refractivity (Wildman–Crippen MR) is 67.5 cm³/mol. The largest absolute Gasteiger partial charge is 0.326 e. The van der Waals surface area contributed by atoms with E-state index in [1.807, 2.05) is 0 Å². The lowest BCUT2D eigenvalue weighted by Crippen LogP contribution is -2.31. The molecule has 0 atom stereocenters. The first-order valence-corrected chi connectivity index (χ1v) is 8.23. The smallest absolute Gasteiger partial charge is 0.240 e. The number of hydrogen-bond donors (Lipinski definition) is 3. The molecule has 0 aliphatic rings. The van der Waals surface area contributed by atoms with E-state index in [4.69, 9.17) is 10.9 Å². The predicted octanol–water partition coefficient (Wildman–Crippen LogP) is -1.29. The molecule has 102 valence electrons. The summed E-state index contributed by atoms with van der Waals surface area (Å²) >= 11 is 0. The van der Waals surface area contributed by atoms with Gasteiger partial charge < -0.3 is 5.73 Å². The van der Waals surface area contributed by atoms with E-state index in [0.717, 1.165) is 5.56 Å². The Balaban J connectivity index is 2.74. The van der Waals surface area contributed by atoms with Crippen LogP contribution in [0.1, 0.15) is 5.56 Å². The number of rotatable bonds is 6. The van der Waals surface area contributed by atoms with Crippen molar-refractivity contribution in [3.05, 3.63) is 29.8 Å². The molecule has 0 unspecified atom stereocenters. The van der Waals surface area contributed by atoms with Gasteiger partial charge in [-0.3, -0.25) is 0 Å². The lowest BCUT2D eigenvalue weighted by atomic mass is 10.2. The second-order valence-electron chi connectivity index (χ2n) is 3.61. The molecule has 0 saturated heterocycles. The van der Waals surface area contributed by atoms with Crippen molar-refractivity contribution in [2.75, 3.05) is 12.3 Å². The minimum Gasteiger partial charge on any atom is -0.326 e. The molecule has 0 aromatic heterocycles. The normalized spacial score (nSPS) is 12.6. The molecular formula is C9H15N3O4S2.